The molecule has 0 saturated heterocycles. The quantitative estimate of drug-likeness (QED) is 0.770. The van der Waals surface area contributed by atoms with E-state index in [0.29, 0.717) is 16.9 Å². The van der Waals surface area contributed by atoms with E-state index in [-0.39, 0.29) is 12.6 Å². The normalized spacial score (nSPS) is 42.6. The van der Waals surface area contributed by atoms with Crippen LogP contribution in [0.2, 0.25) is 0 Å². The predicted octanol–water partition coefficient (Wildman–Crippen LogP) is 2.56. The average Bonchev–Trinajstić information content (AvgIpc) is 2.69. The zero-order valence-electron chi connectivity index (χ0n) is 11.2. The second-order valence-electron chi connectivity index (χ2n) is 6.80. The van der Waals surface area contributed by atoms with Gasteiger partial charge in [0, 0.05) is 12.1 Å². The highest BCUT2D eigenvalue weighted by Gasteiger charge is 2.59. The van der Waals surface area contributed by atoms with Crippen molar-refractivity contribution in [3.8, 4) is 0 Å². The van der Waals surface area contributed by atoms with Gasteiger partial charge >= 0.3 is 0 Å². The molecule has 0 aromatic heterocycles. The van der Waals surface area contributed by atoms with Crippen molar-refractivity contribution in [2.75, 3.05) is 6.61 Å². The summed E-state index contributed by atoms with van der Waals surface area (Å²) in [7, 11) is 0. The minimum atomic E-state index is 0.268. The Hall–Kier alpha value is -0.0800. The molecule has 2 heteroatoms. The maximum atomic E-state index is 9.35. The molecule has 16 heavy (non-hydrogen) atoms. The third kappa shape index (κ3) is 1.70. The van der Waals surface area contributed by atoms with Gasteiger partial charge in [-0.2, -0.15) is 0 Å². The summed E-state index contributed by atoms with van der Waals surface area (Å²) >= 11 is 0. The lowest BCUT2D eigenvalue weighted by molar-refractivity contribution is 0.0860. The maximum Gasteiger partial charge on any atom is 0.0584 e. The fraction of sp³-hybridized carbons (Fsp3) is 1.00. The zero-order valence-corrected chi connectivity index (χ0v) is 11.2. The van der Waals surface area contributed by atoms with Crippen LogP contribution in [-0.2, 0) is 0 Å². The lowest BCUT2D eigenvalue weighted by Gasteiger charge is -2.44. The van der Waals surface area contributed by atoms with Crippen LogP contribution in [0.4, 0.5) is 0 Å². The van der Waals surface area contributed by atoms with Crippen LogP contribution < -0.4 is 5.32 Å². The van der Waals surface area contributed by atoms with Gasteiger partial charge in [-0.1, -0.05) is 27.7 Å². The first-order valence-electron chi connectivity index (χ1n) is 6.81. The summed E-state index contributed by atoms with van der Waals surface area (Å²) in [5, 5.41) is 13.1. The van der Waals surface area contributed by atoms with Gasteiger partial charge in [0.05, 0.1) is 6.61 Å². The number of hydrogen-bond acceptors (Lipinski definition) is 2. The van der Waals surface area contributed by atoms with Crippen LogP contribution >= 0.6 is 0 Å². The average molecular weight is 225 g/mol. The van der Waals surface area contributed by atoms with E-state index in [1.807, 2.05) is 0 Å². The first kappa shape index (κ1) is 12.4. The number of aliphatic hydroxyl groups is 1. The van der Waals surface area contributed by atoms with Crippen LogP contribution in [-0.4, -0.2) is 23.8 Å². The van der Waals surface area contributed by atoms with Crippen molar-refractivity contribution < 1.29 is 5.11 Å². The van der Waals surface area contributed by atoms with Crippen LogP contribution in [0.25, 0.3) is 0 Å². The maximum absolute atomic E-state index is 9.35. The van der Waals surface area contributed by atoms with E-state index >= 15 is 0 Å². The largest absolute Gasteiger partial charge is 0.395 e. The Labute approximate surface area is 99.8 Å². The smallest absolute Gasteiger partial charge is 0.0584 e. The Bertz CT molecular complexity index is 255. The third-order valence-electron chi connectivity index (χ3n) is 5.39. The van der Waals surface area contributed by atoms with Crippen LogP contribution in [0.1, 0.15) is 53.4 Å². The van der Waals surface area contributed by atoms with E-state index < -0.39 is 0 Å². The van der Waals surface area contributed by atoms with Gasteiger partial charge in [0.25, 0.3) is 0 Å². The summed E-state index contributed by atoms with van der Waals surface area (Å²) in [6, 6.07) is 0.858. The minimum absolute atomic E-state index is 0.268. The second-order valence-corrected chi connectivity index (χ2v) is 6.80. The van der Waals surface area contributed by atoms with E-state index in [9.17, 15) is 5.11 Å². The zero-order chi connectivity index (χ0) is 12.0. The first-order chi connectivity index (χ1) is 7.44. The molecule has 2 rings (SSSR count). The highest BCUT2D eigenvalue weighted by Crippen LogP contribution is 2.62. The summed E-state index contributed by atoms with van der Waals surface area (Å²) in [6.45, 7) is 9.66. The van der Waals surface area contributed by atoms with Crippen LogP contribution in [0, 0.1) is 16.7 Å². The van der Waals surface area contributed by atoms with Crippen molar-refractivity contribution in [3.05, 3.63) is 0 Å². The Morgan fingerprint density at radius 1 is 1.38 bits per heavy atom. The summed E-state index contributed by atoms with van der Waals surface area (Å²) in [5.41, 5.74) is 0.867. The Morgan fingerprint density at radius 2 is 2.06 bits per heavy atom. The molecule has 2 aliphatic rings. The molecular formula is C14H27NO. The number of rotatable bonds is 4. The fourth-order valence-electron chi connectivity index (χ4n) is 4.25. The van der Waals surface area contributed by atoms with Gasteiger partial charge in [-0.05, 0) is 42.4 Å². The number of aliphatic hydroxyl groups excluding tert-OH is 1. The molecule has 0 aliphatic heterocycles. The van der Waals surface area contributed by atoms with Crippen molar-refractivity contribution in [1.29, 1.82) is 0 Å². The van der Waals surface area contributed by atoms with Crippen LogP contribution in [0.3, 0.4) is 0 Å². The number of fused-ring (bicyclic) bond motifs is 2. The van der Waals surface area contributed by atoms with Gasteiger partial charge < -0.3 is 10.4 Å². The molecule has 0 aromatic rings. The summed E-state index contributed by atoms with van der Waals surface area (Å²) in [5.74, 6) is 0.881. The molecule has 4 atom stereocenters. The topological polar surface area (TPSA) is 32.3 Å². The Morgan fingerprint density at radius 3 is 2.50 bits per heavy atom. The Balaban J connectivity index is 2.13. The highest BCUT2D eigenvalue weighted by molar-refractivity contribution is 5.12. The van der Waals surface area contributed by atoms with Gasteiger partial charge in [-0.25, -0.2) is 0 Å². The minimum Gasteiger partial charge on any atom is -0.395 e. The molecule has 2 fully saturated rings. The molecule has 0 radical (unpaired) electrons. The molecule has 0 amide bonds. The summed E-state index contributed by atoms with van der Waals surface area (Å²) in [4.78, 5) is 0. The second kappa shape index (κ2) is 3.99. The first-order valence-corrected chi connectivity index (χ1v) is 6.81. The molecule has 94 valence electrons. The highest BCUT2D eigenvalue weighted by atomic mass is 16.3. The molecule has 2 N–H and O–H groups in total. The van der Waals surface area contributed by atoms with Crippen molar-refractivity contribution in [3.63, 3.8) is 0 Å². The lowest BCUT2D eigenvalue weighted by atomic mass is 9.68. The fourth-order valence-corrected chi connectivity index (χ4v) is 4.25. The summed E-state index contributed by atoms with van der Waals surface area (Å²) in [6.07, 6.45) is 5.15. The van der Waals surface area contributed by atoms with Gasteiger partial charge in [-0.15, -0.1) is 0 Å². The van der Waals surface area contributed by atoms with Gasteiger partial charge in [0.1, 0.15) is 0 Å². The van der Waals surface area contributed by atoms with Gasteiger partial charge in [0.2, 0.25) is 0 Å². The van der Waals surface area contributed by atoms with E-state index in [1.165, 1.54) is 19.3 Å². The monoisotopic (exact) mass is 225 g/mol. The summed E-state index contributed by atoms with van der Waals surface area (Å²) < 4.78 is 0. The molecule has 2 nitrogen and oxygen atoms in total. The van der Waals surface area contributed by atoms with E-state index in [2.05, 4.69) is 33.0 Å². The third-order valence-corrected chi connectivity index (χ3v) is 5.39. The van der Waals surface area contributed by atoms with Crippen molar-refractivity contribution >= 4 is 0 Å². The molecule has 0 spiro atoms. The SMILES string of the molecule is CC[C@H](CO)NC1C2(C)CCC(C2)C1(C)C. The molecule has 2 aliphatic carbocycles. The molecule has 0 heterocycles. The van der Waals surface area contributed by atoms with Crippen molar-refractivity contribution in [1.82, 2.24) is 5.32 Å². The molecular weight excluding hydrogens is 198 g/mol. The lowest BCUT2D eigenvalue weighted by Crippen LogP contribution is -2.54. The van der Waals surface area contributed by atoms with E-state index in [0.717, 1.165) is 12.3 Å². The van der Waals surface area contributed by atoms with Crippen LogP contribution in [0.15, 0.2) is 0 Å². The van der Waals surface area contributed by atoms with Crippen molar-refractivity contribution in [2.45, 2.75) is 65.5 Å². The van der Waals surface area contributed by atoms with Gasteiger partial charge in [-0.3, -0.25) is 0 Å². The van der Waals surface area contributed by atoms with E-state index in [1.54, 1.807) is 0 Å². The predicted molar refractivity (Wildman–Crippen MR) is 67.3 cm³/mol. The molecule has 2 saturated carbocycles. The van der Waals surface area contributed by atoms with Crippen LogP contribution in [0.5, 0.6) is 0 Å². The standard InChI is InChI=1S/C14H27NO/c1-5-11(9-16)15-12-13(2,3)10-6-7-14(12,4)8-10/h10-12,15-16H,5-9H2,1-4H3/t10?,11-,12?,14?/m1/s1. The molecule has 2 bridgehead atoms. The Kier molecular flexibility index (Phi) is 3.09. The van der Waals surface area contributed by atoms with Crippen molar-refractivity contribution in [2.24, 2.45) is 16.7 Å². The number of hydrogen-bond donors (Lipinski definition) is 2. The van der Waals surface area contributed by atoms with Gasteiger partial charge in [0.15, 0.2) is 0 Å². The van der Waals surface area contributed by atoms with E-state index in [4.69, 9.17) is 0 Å². The molecule has 3 unspecified atom stereocenters. The number of nitrogens with one attached hydrogen (secondary N) is 1. The molecule has 0 aromatic carbocycles.